The Morgan fingerprint density at radius 2 is 1.67 bits per heavy atom. The van der Waals surface area contributed by atoms with Gasteiger partial charge in [-0.05, 0) is 29.7 Å². The molecule has 0 spiro atoms. The second kappa shape index (κ2) is 8.72. The molecule has 0 atom stereocenters. The lowest BCUT2D eigenvalue weighted by molar-refractivity contribution is -0.139. The molecule has 5 heteroatoms. The Morgan fingerprint density at radius 1 is 1.00 bits per heavy atom. The second-order valence-electron chi connectivity index (χ2n) is 5.56. The van der Waals surface area contributed by atoms with E-state index < -0.39 is 5.97 Å². The van der Waals surface area contributed by atoms with Crippen molar-refractivity contribution >= 4 is 11.9 Å². The van der Waals surface area contributed by atoms with Crippen molar-refractivity contribution in [3.8, 4) is 5.75 Å². The summed E-state index contributed by atoms with van der Waals surface area (Å²) in [6, 6.07) is 17.0. The lowest BCUT2D eigenvalue weighted by Crippen LogP contribution is -2.26. The van der Waals surface area contributed by atoms with E-state index in [-0.39, 0.29) is 12.5 Å². The van der Waals surface area contributed by atoms with Crippen molar-refractivity contribution in [1.82, 2.24) is 4.90 Å². The Labute approximate surface area is 141 Å². The number of carboxylic acids is 1. The lowest BCUT2D eigenvalue weighted by Gasteiger charge is -2.17. The first-order valence-corrected chi connectivity index (χ1v) is 7.76. The molecule has 0 fully saturated rings. The summed E-state index contributed by atoms with van der Waals surface area (Å²) in [5.41, 5.74) is 2.12. The van der Waals surface area contributed by atoms with Gasteiger partial charge >= 0.3 is 5.97 Å². The standard InChI is InChI=1S/C19H21NO4/c1-20(18(21)12-9-15-5-3-2-4-6-15)13-16-7-10-17(11-8-16)24-14-19(22)23/h2-8,10-11H,9,12-14H2,1H3,(H,22,23). The predicted octanol–water partition coefficient (Wildman–Crippen LogP) is 2.74. The van der Waals surface area contributed by atoms with Crippen LogP contribution in [0, 0.1) is 0 Å². The molecule has 0 unspecified atom stereocenters. The van der Waals surface area contributed by atoms with Crippen molar-refractivity contribution in [2.24, 2.45) is 0 Å². The summed E-state index contributed by atoms with van der Waals surface area (Å²) < 4.78 is 5.08. The first-order chi connectivity index (χ1) is 11.5. The minimum Gasteiger partial charge on any atom is -0.482 e. The molecule has 0 aliphatic rings. The molecule has 0 aliphatic heterocycles. The van der Waals surface area contributed by atoms with Crippen molar-refractivity contribution in [3.63, 3.8) is 0 Å². The highest BCUT2D eigenvalue weighted by Crippen LogP contribution is 2.14. The van der Waals surface area contributed by atoms with Crippen LogP contribution in [0.4, 0.5) is 0 Å². The third-order valence-corrected chi connectivity index (χ3v) is 3.60. The van der Waals surface area contributed by atoms with Gasteiger partial charge in [-0.1, -0.05) is 42.5 Å². The van der Waals surface area contributed by atoms with Crippen molar-refractivity contribution in [3.05, 3.63) is 65.7 Å². The number of carbonyl (C=O) groups is 2. The van der Waals surface area contributed by atoms with Crippen LogP contribution in [0.3, 0.4) is 0 Å². The van der Waals surface area contributed by atoms with Gasteiger partial charge < -0.3 is 14.7 Å². The number of hydrogen-bond acceptors (Lipinski definition) is 3. The number of nitrogens with zero attached hydrogens (tertiary/aromatic N) is 1. The Balaban J connectivity index is 1.81. The SMILES string of the molecule is CN(Cc1ccc(OCC(=O)O)cc1)C(=O)CCc1ccccc1. The first-order valence-electron chi connectivity index (χ1n) is 7.76. The lowest BCUT2D eigenvalue weighted by atomic mass is 10.1. The zero-order valence-electron chi connectivity index (χ0n) is 13.6. The molecule has 2 rings (SSSR count). The number of ether oxygens (including phenoxy) is 1. The fraction of sp³-hybridized carbons (Fsp3) is 0.263. The van der Waals surface area contributed by atoms with Crippen molar-refractivity contribution < 1.29 is 19.4 Å². The molecule has 0 aromatic heterocycles. The summed E-state index contributed by atoms with van der Waals surface area (Å²) in [5, 5.41) is 8.57. The second-order valence-corrected chi connectivity index (χ2v) is 5.56. The van der Waals surface area contributed by atoms with Crippen LogP contribution in [-0.4, -0.2) is 35.5 Å². The molecule has 0 radical (unpaired) electrons. The van der Waals surface area contributed by atoms with Crippen LogP contribution in [0.5, 0.6) is 5.75 Å². The zero-order valence-corrected chi connectivity index (χ0v) is 13.6. The molecule has 0 saturated heterocycles. The van der Waals surface area contributed by atoms with E-state index in [1.807, 2.05) is 42.5 Å². The van der Waals surface area contributed by atoms with Gasteiger partial charge in [0, 0.05) is 20.0 Å². The highest BCUT2D eigenvalue weighted by Gasteiger charge is 2.09. The van der Waals surface area contributed by atoms with Gasteiger partial charge in [0.15, 0.2) is 6.61 Å². The van der Waals surface area contributed by atoms with Crippen molar-refractivity contribution in [2.75, 3.05) is 13.7 Å². The quantitative estimate of drug-likeness (QED) is 0.809. The van der Waals surface area contributed by atoms with Gasteiger partial charge in [-0.15, -0.1) is 0 Å². The summed E-state index contributed by atoms with van der Waals surface area (Å²) in [7, 11) is 1.78. The van der Waals surface area contributed by atoms with Crippen LogP contribution in [0.1, 0.15) is 17.5 Å². The summed E-state index contributed by atoms with van der Waals surface area (Å²) >= 11 is 0. The van der Waals surface area contributed by atoms with E-state index in [1.165, 1.54) is 0 Å². The van der Waals surface area contributed by atoms with E-state index in [0.717, 1.165) is 17.5 Å². The van der Waals surface area contributed by atoms with Crippen LogP contribution < -0.4 is 4.74 Å². The van der Waals surface area contributed by atoms with E-state index >= 15 is 0 Å². The molecule has 2 aromatic carbocycles. The van der Waals surface area contributed by atoms with E-state index in [4.69, 9.17) is 9.84 Å². The minimum atomic E-state index is -1.01. The number of carbonyl (C=O) groups excluding carboxylic acids is 1. The molecule has 24 heavy (non-hydrogen) atoms. The number of hydrogen-bond donors (Lipinski definition) is 1. The molecule has 5 nitrogen and oxygen atoms in total. The number of aryl methyl sites for hydroxylation is 1. The fourth-order valence-corrected chi connectivity index (χ4v) is 2.29. The summed E-state index contributed by atoms with van der Waals surface area (Å²) in [6.45, 7) is 0.143. The average Bonchev–Trinajstić information content (AvgIpc) is 2.59. The topological polar surface area (TPSA) is 66.8 Å². The summed E-state index contributed by atoms with van der Waals surface area (Å²) in [4.78, 5) is 24.3. The Bertz CT molecular complexity index is 668. The van der Waals surface area contributed by atoms with Crippen LogP contribution in [0.2, 0.25) is 0 Å². The van der Waals surface area contributed by atoms with Crippen LogP contribution in [-0.2, 0) is 22.6 Å². The van der Waals surface area contributed by atoms with Crippen molar-refractivity contribution in [1.29, 1.82) is 0 Å². The van der Waals surface area contributed by atoms with E-state index in [9.17, 15) is 9.59 Å². The van der Waals surface area contributed by atoms with E-state index in [0.29, 0.717) is 18.7 Å². The number of aliphatic carboxylic acids is 1. The smallest absolute Gasteiger partial charge is 0.341 e. The molecular weight excluding hydrogens is 306 g/mol. The van der Waals surface area contributed by atoms with Gasteiger partial charge in [-0.2, -0.15) is 0 Å². The van der Waals surface area contributed by atoms with Gasteiger partial charge in [-0.3, -0.25) is 4.79 Å². The number of rotatable bonds is 8. The van der Waals surface area contributed by atoms with E-state index in [1.54, 1.807) is 24.1 Å². The number of amides is 1. The van der Waals surface area contributed by atoms with Gasteiger partial charge in [-0.25, -0.2) is 4.79 Å². The largest absolute Gasteiger partial charge is 0.482 e. The molecule has 1 N–H and O–H groups in total. The van der Waals surface area contributed by atoms with Gasteiger partial charge in [0.1, 0.15) is 5.75 Å². The molecule has 0 saturated carbocycles. The predicted molar refractivity (Wildman–Crippen MR) is 90.8 cm³/mol. The third kappa shape index (κ3) is 5.76. The molecule has 1 amide bonds. The van der Waals surface area contributed by atoms with Crippen LogP contribution in [0.15, 0.2) is 54.6 Å². The molecule has 0 bridgehead atoms. The third-order valence-electron chi connectivity index (χ3n) is 3.60. The first kappa shape index (κ1) is 17.5. The van der Waals surface area contributed by atoms with Gasteiger partial charge in [0.25, 0.3) is 0 Å². The fourth-order valence-electron chi connectivity index (χ4n) is 2.29. The Hall–Kier alpha value is -2.82. The monoisotopic (exact) mass is 327 g/mol. The number of benzene rings is 2. The maximum Gasteiger partial charge on any atom is 0.341 e. The molecule has 126 valence electrons. The molecule has 0 heterocycles. The maximum absolute atomic E-state index is 12.2. The highest BCUT2D eigenvalue weighted by atomic mass is 16.5. The van der Waals surface area contributed by atoms with Crippen LogP contribution >= 0.6 is 0 Å². The normalized spacial score (nSPS) is 10.2. The minimum absolute atomic E-state index is 0.0880. The van der Waals surface area contributed by atoms with Gasteiger partial charge in [0.05, 0.1) is 0 Å². The Morgan fingerprint density at radius 3 is 2.29 bits per heavy atom. The zero-order chi connectivity index (χ0) is 17.4. The summed E-state index contributed by atoms with van der Waals surface area (Å²) in [6.07, 6.45) is 1.20. The average molecular weight is 327 g/mol. The van der Waals surface area contributed by atoms with Crippen LogP contribution in [0.25, 0.3) is 0 Å². The van der Waals surface area contributed by atoms with E-state index in [2.05, 4.69) is 0 Å². The number of carboxylic acid groups (broad SMARTS) is 1. The molecule has 2 aromatic rings. The summed E-state index contributed by atoms with van der Waals surface area (Å²) in [5.74, 6) is -0.424. The van der Waals surface area contributed by atoms with Crippen molar-refractivity contribution in [2.45, 2.75) is 19.4 Å². The van der Waals surface area contributed by atoms with Gasteiger partial charge in [0.2, 0.25) is 5.91 Å². The maximum atomic E-state index is 12.2. The highest BCUT2D eigenvalue weighted by molar-refractivity contribution is 5.76. The Kier molecular flexibility index (Phi) is 6.37. The molecule has 0 aliphatic carbocycles. The molecular formula is C19H21NO4.